The highest BCUT2D eigenvalue weighted by Gasteiger charge is 2.07. The van der Waals surface area contributed by atoms with E-state index in [0.29, 0.717) is 24.2 Å². The fraction of sp³-hybridized carbons (Fsp3) is 0.154. The molecule has 18 heavy (non-hydrogen) atoms. The van der Waals surface area contributed by atoms with Gasteiger partial charge in [-0.2, -0.15) is 0 Å². The quantitative estimate of drug-likeness (QED) is 0.896. The number of hydrogen-bond donors (Lipinski definition) is 2. The van der Waals surface area contributed by atoms with Crippen LogP contribution >= 0.6 is 15.9 Å². The van der Waals surface area contributed by atoms with Crippen LogP contribution in [0.4, 0.5) is 4.39 Å². The number of benzene rings is 1. The van der Waals surface area contributed by atoms with Crippen molar-refractivity contribution in [1.29, 1.82) is 0 Å². The van der Waals surface area contributed by atoms with E-state index < -0.39 is 0 Å². The lowest BCUT2D eigenvalue weighted by atomic mass is 10.1. The van der Waals surface area contributed by atoms with Gasteiger partial charge in [0.15, 0.2) is 0 Å². The van der Waals surface area contributed by atoms with Crippen LogP contribution in [-0.4, -0.2) is 17.4 Å². The summed E-state index contributed by atoms with van der Waals surface area (Å²) in [6.45, 7) is 0.399. The Labute approximate surface area is 113 Å². The highest BCUT2D eigenvalue weighted by Crippen LogP contribution is 2.10. The van der Waals surface area contributed by atoms with Crippen molar-refractivity contribution in [3.63, 3.8) is 0 Å². The molecule has 0 bridgehead atoms. The Balaban J connectivity index is 1.86. The van der Waals surface area contributed by atoms with Crippen molar-refractivity contribution >= 4 is 21.8 Å². The van der Waals surface area contributed by atoms with Crippen LogP contribution in [0.3, 0.4) is 0 Å². The summed E-state index contributed by atoms with van der Waals surface area (Å²) in [5, 5.41) is 2.73. The van der Waals surface area contributed by atoms with Crippen LogP contribution in [0.15, 0.2) is 41.0 Å². The first-order chi connectivity index (χ1) is 8.66. The van der Waals surface area contributed by atoms with Gasteiger partial charge in [-0.05, 0) is 40.0 Å². The summed E-state index contributed by atoms with van der Waals surface area (Å²) in [5.74, 6) is -0.439. The summed E-state index contributed by atoms with van der Waals surface area (Å²) in [6, 6.07) is 8.25. The predicted octanol–water partition coefficient (Wildman–Crippen LogP) is 2.89. The van der Waals surface area contributed by atoms with E-state index in [-0.39, 0.29) is 11.7 Å². The number of aromatic nitrogens is 1. The second-order valence-corrected chi connectivity index (χ2v) is 4.74. The molecule has 0 fully saturated rings. The van der Waals surface area contributed by atoms with Crippen molar-refractivity contribution in [3.8, 4) is 0 Å². The van der Waals surface area contributed by atoms with Crippen molar-refractivity contribution in [2.75, 3.05) is 6.54 Å². The summed E-state index contributed by atoms with van der Waals surface area (Å²) in [5.41, 5.74) is 1.08. The Kier molecular flexibility index (Phi) is 4.15. The van der Waals surface area contributed by atoms with Gasteiger partial charge in [0.25, 0.3) is 5.91 Å². The van der Waals surface area contributed by atoms with E-state index >= 15 is 0 Å². The topological polar surface area (TPSA) is 44.9 Å². The minimum absolute atomic E-state index is 0.197. The van der Waals surface area contributed by atoms with Crippen LogP contribution in [0.5, 0.6) is 0 Å². The van der Waals surface area contributed by atoms with E-state index in [1.807, 2.05) is 0 Å². The molecular weight excluding hydrogens is 299 g/mol. The largest absolute Gasteiger partial charge is 0.356 e. The zero-order chi connectivity index (χ0) is 13.0. The van der Waals surface area contributed by atoms with Crippen molar-refractivity contribution in [3.05, 3.63) is 58.1 Å². The first-order valence-electron chi connectivity index (χ1n) is 5.52. The minimum atomic E-state index is -0.241. The number of carbonyl (C=O) groups is 1. The third-order valence-corrected chi connectivity index (χ3v) is 2.99. The molecule has 3 nitrogen and oxygen atoms in total. The third-order valence-electron chi connectivity index (χ3n) is 2.53. The summed E-state index contributed by atoms with van der Waals surface area (Å²) in [7, 11) is 0. The Morgan fingerprint density at radius 1 is 1.39 bits per heavy atom. The zero-order valence-corrected chi connectivity index (χ0v) is 11.1. The van der Waals surface area contributed by atoms with Crippen LogP contribution in [-0.2, 0) is 6.42 Å². The lowest BCUT2D eigenvalue weighted by Crippen LogP contribution is -2.26. The van der Waals surface area contributed by atoms with Gasteiger partial charge in [-0.15, -0.1) is 0 Å². The zero-order valence-electron chi connectivity index (χ0n) is 9.54. The molecular formula is C13H12BrFN2O. The fourth-order valence-corrected chi connectivity index (χ4v) is 1.95. The molecule has 5 heteroatoms. The van der Waals surface area contributed by atoms with Crippen LogP contribution in [0.2, 0.25) is 0 Å². The van der Waals surface area contributed by atoms with Crippen molar-refractivity contribution in [2.24, 2.45) is 0 Å². The van der Waals surface area contributed by atoms with Crippen molar-refractivity contribution in [1.82, 2.24) is 10.3 Å². The Morgan fingerprint density at radius 2 is 2.17 bits per heavy atom. The molecule has 1 heterocycles. The molecule has 0 aliphatic rings. The lowest BCUT2D eigenvalue weighted by Gasteiger charge is -2.04. The smallest absolute Gasteiger partial charge is 0.267 e. The van der Waals surface area contributed by atoms with Gasteiger partial charge in [0.2, 0.25) is 0 Å². The maximum atomic E-state index is 13.3. The normalized spacial score (nSPS) is 10.3. The highest BCUT2D eigenvalue weighted by molar-refractivity contribution is 9.10. The molecule has 1 aromatic heterocycles. The van der Waals surface area contributed by atoms with E-state index in [9.17, 15) is 9.18 Å². The van der Waals surface area contributed by atoms with E-state index in [4.69, 9.17) is 0 Å². The molecule has 0 aliphatic heterocycles. The highest BCUT2D eigenvalue weighted by atomic mass is 79.9. The number of nitrogens with one attached hydrogen (secondary N) is 2. The van der Waals surface area contributed by atoms with E-state index in [0.717, 1.165) is 4.47 Å². The molecule has 1 amide bonds. The summed E-state index contributed by atoms with van der Waals surface area (Å²) < 4.78 is 14.1. The van der Waals surface area contributed by atoms with Gasteiger partial charge >= 0.3 is 0 Å². The van der Waals surface area contributed by atoms with Gasteiger partial charge in [0, 0.05) is 17.2 Å². The molecule has 2 N–H and O–H groups in total. The molecule has 0 radical (unpaired) electrons. The average molecular weight is 311 g/mol. The SMILES string of the molecule is O=C(NCCc1ccccc1F)c1cc(Br)c[nH]1. The molecule has 0 spiro atoms. The lowest BCUT2D eigenvalue weighted by molar-refractivity contribution is 0.0949. The van der Waals surface area contributed by atoms with Crippen LogP contribution in [0, 0.1) is 5.82 Å². The van der Waals surface area contributed by atoms with Gasteiger partial charge in [0.05, 0.1) is 0 Å². The maximum Gasteiger partial charge on any atom is 0.267 e. The standard InChI is InChI=1S/C13H12BrFN2O/c14-10-7-12(17-8-10)13(18)16-6-5-9-3-1-2-4-11(9)15/h1-4,7-8,17H,5-6H2,(H,16,18). The van der Waals surface area contributed by atoms with Gasteiger partial charge < -0.3 is 10.3 Å². The number of aromatic amines is 1. The number of halogens is 2. The van der Waals surface area contributed by atoms with Crippen LogP contribution in [0.1, 0.15) is 16.1 Å². The van der Waals surface area contributed by atoms with Gasteiger partial charge in [-0.1, -0.05) is 18.2 Å². The van der Waals surface area contributed by atoms with E-state index in [1.54, 1.807) is 30.5 Å². The summed E-state index contributed by atoms with van der Waals surface area (Å²) >= 11 is 3.25. The second kappa shape index (κ2) is 5.82. The first kappa shape index (κ1) is 12.8. The van der Waals surface area contributed by atoms with Gasteiger partial charge in [-0.25, -0.2) is 4.39 Å². The minimum Gasteiger partial charge on any atom is -0.356 e. The molecule has 0 aliphatic carbocycles. The predicted molar refractivity (Wildman–Crippen MR) is 70.9 cm³/mol. The maximum absolute atomic E-state index is 13.3. The van der Waals surface area contributed by atoms with E-state index in [1.165, 1.54) is 6.07 Å². The second-order valence-electron chi connectivity index (χ2n) is 3.83. The molecule has 1 aromatic carbocycles. The Bertz CT molecular complexity index is 553. The van der Waals surface area contributed by atoms with Crippen LogP contribution < -0.4 is 5.32 Å². The number of rotatable bonds is 4. The first-order valence-corrected chi connectivity index (χ1v) is 6.31. The third kappa shape index (κ3) is 3.20. The van der Waals surface area contributed by atoms with Crippen molar-refractivity contribution in [2.45, 2.75) is 6.42 Å². The monoisotopic (exact) mass is 310 g/mol. The Morgan fingerprint density at radius 3 is 2.83 bits per heavy atom. The Hall–Kier alpha value is -1.62. The molecule has 2 rings (SSSR count). The fourth-order valence-electron chi connectivity index (χ4n) is 1.61. The number of amides is 1. The molecule has 0 unspecified atom stereocenters. The number of H-pyrrole nitrogens is 1. The molecule has 0 atom stereocenters. The van der Waals surface area contributed by atoms with E-state index in [2.05, 4.69) is 26.2 Å². The molecule has 2 aromatic rings. The summed E-state index contributed by atoms with van der Waals surface area (Å²) in [4.78, 5) is 14.5. The van der Waals surface area contributed by atoms with Crippen LogP contribution in [0.25, 0.3) is 0 Å². The van der Waals surface area contributed by atoms with Gasteiger partial charge in [-0.3, -0.25) is 4.79 Å². The molecule has 0 saturated carbocycles. The number of carbonyl (C=O) groups excluding carboxylic acids is 1. The van der Waals surface area contributed by atoms with Crippen molar-refractivity contribution < 1.29 is 9.18 Å². The number of hydrogen-bond acceptors (Lipinski definition) is 1. The van der Waals surface area contributed by atoms with Gasteiger partial charge in [0.1, 0.15) is 11.5 Å². The average Bonchev–Trinajstić information content (AvgIpc) is 2.78. The molecule has 0 saturated heterocycles. The molecule has 94 valence electrons. The summed E-state index contributed by atoms with van der Waals surface area (Å²) in [6.07, 6.45) is 2.16.